The van der Waals surface area contributed by atoms with Crippen molar-refractivity contribution in [3.8, 4) is 34.0 Å². The molecular weight excluding hydrogens is 530 g/mol. The van der Waals surface area contributed by atoms with E-state index in [4.69, 9.17) is 19.2 Å². The third-order valence-electron chi connectivity index (χ3n) is 7.61. The van der Waals surface area contributed by atoms with Gasteiger partial charge in [0, 0.05) is 29.8 Å². The predicted octanol–water partition coefficient (Wildman–Crippen LogP) is 6.50. The highest BCUT2D eigenvalue weighted by atomic mass is 16.5. The van der Waals surface area contributed by atoms with Crippen LogP contribution in [0.2, 0.25) is 0 Å². The second kappa shape index (κ2) is 10.4. The number of aromatic amines is 1. The zero-order chi connectivity index (χ0) is 29.8. The number of fused-ring (bicyclic) bond motifs is 1. The van der Waals surface area contributed by atoms with E-state index in [1.807, 2.05) is 76.4 Å². The van der Waals surface area contributed by atoms with E-state index in [1.165, 1.54) is 18.9 Å². The van der Waals surface area contributed by atoms with E-state index in [2.05, 4.69) is 9.97 Å². The molecule has 42 heavy (non-hydrogen) atoms. The molecule has 0 bridgehead atoms. The Balaban J connectivity index is 1.68. The van der Waals surface area contributed by atoms with Gasteiger partial charge in [0.25, 0.3) is 11.6 Å². The Labute approximate surface area is 243 Å². The molecule has 8 nitrogen and oxygen atoms in total. The molecule has 0 saturated carbocycles. The minimum Gasteiger partial charge on any atom is -0.493 e. The van der Waals surface area contributed by atoms with Crippen LogP contribution in [0.4, 0.5) is 0 Å². The number of nitrogens with one attached hydrogen (secondary N) is 1. The lowest BCUT2D eigenvalue weighted by Gasteiger charge is -2.30. The minimum atomic E-state index is -0.792. The molecule has 214 valence electrons. The van der Waals surface area contributed by atoms with E-state index in [0.29, 0.717) is 12.2 Å². The lowest BCUT2D eigenvalue weighted by molar-refractivity contribution is -0.138. The maximum atomic E-state index is 13.2. The van der Waals surface area contributed by atoms with Crippen LogP contribution in [0.5, 0.6) is 11.8 Å². The van der Waals surface area contributed by atoms with Crippen molar-refractivity contribution in [1.29, 1.82) is 0 Å². The Hall–Kier alpha value is -4.56. The molecule has 0 amide bonds. The van der Waals surface area contributed by atoms with Gasteiger partial charge in [0.2, 0.25) is 0 Å². The normalized spacial score (nSPS) is 13.7. The van der Waals surface area contributed by atoms with Crippen LogP contribution in [0.25, 0.3) is 43.9 Å². The number of hydrogen-bond donors (Lipinski definition) is 1. The van der Waals surface area contributed by atoms with Gasteiger partial charge >= 0.3 is 0 Å². The van der Waals surface area contributed by atoms with E-state index >= 15 is 0 Å². The Morgan fingerprint density at radius 3 is 2.60 bits per heavy atom. The smallest absolute Gasteiger partial charge is 0.296 e. The van der Waals surface area contributed by atoms with Crippen molar-refractivity contribution < 1.29 is 19.0 Å². The second-order valence-electron chi connectivity index (χ2n) is 11.7. The van der Waals surface area contributed by atoms with Gasteiger partial charge in [-0.05, 0) is 97.5 Å². The number of pyridine rings is 1. The second-order valence-corrected chi connectivity index (χ2v) is 11.7. The average molecular weight is 564 g/mol. The number of Topliss-reactive ketones (excluding diaryl/α,β-unsaturated/α-hetero) is 1. The van der Waals surface area contributed by atoms with E-state index in [9.17, 15) is 9.59 Å². The van der Waals surface area contributed by atoms with Gasteiger partial charge in [0.05, 0.1) is 30.4 Å². The highest BCUT2D eigenvalue weighted by Crippen LogP contribution is 2.45. The first-order valence-electron chi connectivity index (χ1n) is 14.0. The molecule has 3 heterocycles. The summed E-state index contributed by atoms with van der Waals surface area (Å²) < 4.78 is 17.5. The molecule has 1 aliphatic rings. The zero-order valence-corrected chi connectivity index (χ0v) is 24.6. The third kappa shape index (κ3) is 4.81. The number of H-pyrrole nitrogens is 1. The van der Waals surface area contributed by atoms with Crippen molar-refractivity contribution >= 4 is 27.5 Å². The highest BCUT2D eigenvalue weighted by molar-refractivity contribution is 6.09. The number of nitrogens with zero attached hydrogens (tertiary/aromatic N) is 2. The first kappa shape index (κ1) is 27.6. The van der Waals surface area contributed by atoms with Gasteiger partial charge in [-0.15, -0.1) is 0 Å². The Morgan fingerprint density at radius 2 is 1.88 bits per heavy atom. The molecule has 1 unspecified atom stereocenters. The van der Waals surface area contributed by atoms with Crippen LogP contribution >= 0.6 is 0 Å². The minimum absolute atomic E-state index is 0.0832. The van der Waals surface area contributed by atoms with Crippen LogP contribution in [-0.2, 0) is 16.0 Å². The fourth-order valence-corrected chi connectivity index (χ4v) is 5.85. The van der Waals surface area contributed by atoms with E-state index in [-0.39, 0.29) is 17.4 Å². The molecule has 1 aliphatic heterocycles. The van der Waals surface area contributed by atoms with E-state index < -0.39 is 11.7 Å². The summed E-state index contributed by atoms with van der Waals surface area (Å²) in [4.78, 5) is 37.8. The van der Waals surface area contributed by atoms with Crippen molar-refractivity contribution in [2.24, 2.45) is 0 Å². The average Bonchev–Trinajstić information content (AvgIpc) is 2.95. The summed E-state index contributed by atoms with van der Waals surface area (Å²) in [5.74, 6) is 0.726. The van der Waals surface area contributed by atoms with Crippen LogP contribution in [0.1, 0.15) is 50.5 Å². The molecule has 6 rings (SSSR count). The largest absolute Gasteiger partial charge is 0.493 e. The number of ketones is 1. The maximum Gasteiger partial charge on any atom is 0.296 e. The van der Waals surface area contributed by atoms with Gasteiger partial charge in [-0.1, -0.05) is 18.2 Å². The fraction of sp³-hybridized carbons (Fsp3) is 0.294. The SMILES string of the molecule is COc1ncc(-c2ccc3c(-c4ccc5c6c(ccnc46)CCO5)c(C(OC(C)(C)C)C(C)=O)c(C)cc3c2)c(=O)[nH]1. The Bertz CT molecular complexity index is 1930. The lowest BCUT2D eigenvalue weighted by Crippen LogP contribution is -2.27. The number of benzene rings is 3. The highest BCUT2D eigenvalue weighted by Gasteiger charge is 2.31. The molecule has 2 aromatic heterocycles. The summed E-state index contributed by atoms with van der Waals surface area (Å²) in [6.45, 7) is 10.0. The summed E-state index contributed by atoms with van der Waals surface area (Å²) in [5.41, 5.74) is 5.77. The number of methoxy groups -OCH3 is 1. The monoisotopic (exact) mass is 563 g/mol. The quantitative estimate of drug-likeness (QED) is 0.251. The maximum absolute atomic E-state index is 13.2. The molecule has 0 fully saturated rings. The lowest BCUT2D eigenvalue weighted by atomic mass is 9.84. The summed E-state index contributed by atoms with van der Waals surface area (Å²) in [5, 5.41) is 2.82. The number of hydrogen-bond acceptors (Lipinski definition) is 7. The van der Waals surface area contributed by atoms with Crippen molar-refractivity contribution in [1.82, 2.24) is 15.0 Å². The molecule has 0 aliphatic carbocycles. The number of aryl methyl sites for hydroxylation is 1. The van der Waals surface area contributed by atoms with Gasteiger partial charge < -0.3 is 14.2 Å². The van der Waals surface area contributed by atoms with Gasteiger partial charge in [0.15, 0.2) is 5.78 Å². The molecule has 8 heteroatoms. The third-order valence-corrected chi connectivity index (χ3v) is 7.61. The predicted molar refractivity (Wildman–Crippen MR) is 163 cm³/mol. The van der Waals surface area contributed by atoms with Crippen molar-refractivity contribution in [2.75, 3.05) is 13.7 Å². The number of carbonyl (C=O) groups excluding carboxylic acids is 1. The van der Waals surface area contributed by atoms with E-state index in [0.717, 1.165) is 61.7 Å². The van der Waals surface area contributed by atoms with Gasteiger partial charge in [-0.3, -0.25) is 19.6 Å². The number of rotatable bonds is 6. The molecule has 5 aromatic rings. The van der Waals surface area contributed by atoms with Crippen LogP contribution in [0.3, 0.4) is 0 Å². The number of aromatic nitrogens is 3. The van der Waals surface area contributed by atoms with Crippen LogP contribution in [0, 0.1) is 6.92 Å². The number of carbonyl (C=O) groups is 1. The van der Waals surface area contributed by atoms with Gasteiger partial charge in [-0.2, -0.15) is 0 Å². The molecule has 0 saturated heterocycles. The van der Waals surface area contributed by atoms with Crippen molar-refractivity contribution in [2.45, 2.75) is 52.7 Å². The van der Waals surface area contributed by atoms with Crippen LogP contribution in [0.15, 0.2) is 59.7 Å². The Morgan fingerprint density at radius 1 is 1.07 bits per heavy atom. The summed E-state index contributed by atoms with van der Waals surface area (Å²) in [6, 6.07) is 14.1. The summed E-state index contributed by atoms with van der Waals surface area (Å²) in [6.07, 6.45) is 3.36. The van der Waals surface area contributed by atoms with Crippen LogP contribution < -0.4 is 15.0 Å². The van der Waals surface area contributed by atoms with Crippen molar-refractivity contribution in [3.63, 3.8) is 0 Å². The van der Waals surface area contributed by atoms with Gasteiger partial charge in [-0.25, -0.2) is 4.98 Å². The fourth-order valence-electron chi connectivity index (χ4n) is 5.85. The molecule has 0 spiro atoms. The van der Waals surface area contributed by atoms with E-state index in [1.54, 1.807) is 6.92 Å². The standard InChI is InChI=1S/C34H33N3O5/c1-18-15-22-16-21(25-17-36-33(40-6)37-32(25)39)7-8-23(22)29(27(18)31(19(2)38)42-34(3,4)5)24-9-10-26-28-20(12-14-41-26)11-13-35-30(24)28/h7-11,13,15-17,31H,12,14H2,1-6H3,(H,36,37,39). The molecular formula is C34H33N3O5. The Kier molecular flexibility index (Phi) is 6.81. The summed E-state index contributed by atoms with van der Waals surface area (Å²) >= 11 is 0. The van der Waals surface area contributed by atoms with Crippen molar-refractivity contribution in [3.05, 3.63) is 81.9 Å². The molecule has 3 aromatic carbocycles. The molecule has 1 N–H and O–H groups in total. The van der Waals surface area contributed by atoms with Gasteiger partial charge in [0.1, 0.15) is 11.9 Å². The van der Waals surface area contributed by atoms with Crippen LogP contribution in [-0.4, -0.2) is 40.1 Å². The topological polar surface area (TPSA) is 103 Å². The zero-order valence-electron chi connectivity index (χ0n) is 24.6. The first-order chi connectivity index (χ1) is 20.1. The summed E-state index contributed by atoms with van der Waals surface area (Å²) in [7, 11) is 1.45. The molecule has 1 atom stereocenters. The molecule has 0 radical (unpaired) electrons. The first-order valence-corrected chi connectivity index (χ1v) is 14.0. The number of ether oxygens (including phenoxy) is 3.